The Morgan fingerprint density at radius 1 is 0.336 bits per heavy atom. The summed E-state index contributed by atoms with van der Waals surface area (Å²) in [6.07, 6.45) is 12.9. The highest BCUT2D eigenvalue weighted by molar-refractivity contribution is 5.98. The second-order valence-electron chi connectivity index (χ2n) is 32.9. The molecule has 0 spiro atoms. The van der Waals surface area contributed by atoms with Gasteiger partial charge in [0.15, 0.2) is 28.9 Å². The molecule has 0 unspecified atom stereocenters. The van der Waals surface area contributed by atoms with Crippen molar-refractivity contribution in [2.24, 2.45) is 40.7 Å². The van der Waals surface area contributed by atoms with Gasteiger partial charge in [-0.15, -0.1) is 0 Å². The number of aromatic nitrogens is 8. The standard InChI is InChI=1S/C24H23N2.C23H28N.C22H26N.2C18H19N2/c1-16-7-10-22-21(12-16)13-18(3)26(4)24(22)23-14-19(9-8-17(23)2)20-6-5-11-25-15-20;1-16-9-7-8-10-20(16)22-21-12-11-18(15-23(3,4)5)14-19(21)13-17(2)24(22)6;1-14(2)19-12-16(4)17(5)21(13-19)22-20-8-7-15(3)11-18(20)9-10-23(22)6;1-12-5-6-17-15(9-12)10-14(3)20(4)18(17)16-7-8-19-11-13(16)2;1-12-5-6-16-15(9-12)10-14(3)20(4)18(16)17-11-19-8-7-13(17)2/h5-15H,1-4H3;7-14H,15H2,1-6H3;7-14H,1-6H3;2*5-11H,1-4H3/q5*+1/i;;10D,14D;;. The zero-order chi connectivity index (χ0) is 82.8. The maximum absolute atomic E-state index is 8.44. The van der Waals surface area contributed by atoms with Crippen LogP contribution < -0.4 is 22.8 Å². The Bertz CT molecular complexity index is 6260. The molecular weight excluding hydrogens is 1370 g/mol. The molecule has 570 valence electrons. The van der Waals surface area contributed by atoms with Crippen LogP contribution in [0.4, 0.5) is 0 Å². The molecule has 0 bridgehead atoms. The molecule has 0 saturated carbocycles. The summed E-state index contributed by atoms with van der Waals surface area (Å²) < 4.78 is 27.9. The number of benzene rings is 8. The molecule has 0 radical (unpaired) electrons. The van der Waals surface area contributed by atoms with Gasteiger partial charge in [-0.25, -0.2) is 4.57 Å². The number of hydrogen-bond donors (Lipinski definition) is 0. The molecule has 0 aliphatic heterocycles. The fraction of sp³-hybridized carbons (Fsp3) is 0.257. The van der Waals surface area contributed by atoms with Gasteiger partial charge in [-0.3, -0.25) is 15.0 Å². The fourth-order valence-corrected chi connectivity index (χ4v) is 15.8. The van der Waals surface area contributed by atoms with Crippen molar-refractivity contribution >= 4 is 53.9 Å². The maximum Gasteiger partial charge on any atom is 0.222 e. The first-order chi connectivity index (χ1) is 54.5. The second kappa shape index (κ2) is 34.1. The third kappa shape index (κ3) is 17.8. The van der Waals surface area contributed by atoms with E-state index in [-0.39, 0.29) is 0 Å². The number of fused-ring (bicyclic) bond motifs is 5. The molecule has 0 amide bonds. The minimum atomic E-state index is -0.656. The number of hydrogen-bond acceptors (Lipinski definition) is 3. The summed E-state index contributed by atoms with van der Waals surface area (Å²) in [7, 11) is 10.5. The van der Waals surface area contributed by atoms with Crippen LogP contribution in [-0.2, 0) is 41.7 Å². The molecule has 0 aliphatic carbocycles. The Kier molecular flexibility index (Phi) is 23.5. The molecule has 0 saturated heterocycles. The van der Waals surface area contributed by atoms with E-state index < -0.39 is 5.89 Å². The largest absolute Gasteiger partial charge is 0.264 e. The quantitative estimate of drug-likeness (QED) is 0.142. The normalized spacial score (nSPS) is 11.6. The van der Waals surface area contributed by atoms with Gasteiger partial charge in [-0.1, -0.05) is 160 Å². The Hall–Kier alpha value is -11.7. The van der Waals surface area contributed by atoms with E-state index in [2.05, 4.69) is 367 Å². The van der Waals surface area contributed by atoms with Gasteiger partial charge in [0.25, 0.3) is 0 Å². The molecule has 8 nitrogen and oxygen atoms in total. The molecule has 8 aromatic carbocycles. The SMILES string of the molecule is Cc1ccc2c(-c3cc(-c4cccnc4)ccc3C)[n+](C)c(C)cc2c1.Cc1ccc2c(-c3ccncc3C)[n+](C)c(C)cc2c1.Cc1ccc2c(-c3cnccc3C)[n+](C)c(C)cc2c1.Cc1ccccc1-c1c2ccc(CC(C)(C)C)cc2cc(C)[n+]1C.[2H]c1cc2cc(C)ccc2c(-c2cc(C([2H])(C)C)cc(C)c2C)[n+]1C. The Labute approximate surface area is 675 Å². The highest BCUT2D eigenvalue weighted by Gasteiger charge is 2.26. The molecule has 113 heavy (non-hydrogen) atoms. The van der Waals surface area contributed by atoms with Crippen LogP contribution in [0.15, 0.2) is 244 Å². The monoisotopic (exact) mass is 1490 g/mol. The smallest absolute Gasteiger partial charge is 0.222 e. The van der Waals surface area contributed by atoms with Gasteiger partial charge in [0, 0.05) is 108 Å². The van der Waals surface area contributed by atoms with Crippen molar-refractivity contribution in [3.63, 3.8) is 0 Å². The summed E-state index contributed by atoms with van der Waals surface area (Å²) in [4.78, 5) is 12.8. The van der Waals surface area contributed by atoms with Crippen molar-refractivity contribution in [2.45, 2.75) is 144 Å². The molecule has 0 N–H and O–H groups in total. The average molecular weight is 1490 g/mol. The number of rotatable bonds is 8. The van der Waals surface area contributed by atoms with E-state index in [1.165, 1.54) is 178 Å². The molecule has 0 aliphatic rings. The van der Waals surface area contributed by atoms with E-state index in [0.717, 1.165) is 39.6 Å². The molecule has 0 atom stereocenters. The van der Waals surface area contributed by atoms with E-state index >= 15 is 0 Å². The summed E-state index contributed by atoms with van der Waals surface area (Å²) in [6, 6.07) is 72.2. The minimum Gasteiger partial charge on any atom is -0.264 e. The lowest BCUT2D eigenvalue weighted by atomic mass is 9.87. The van der Waals surface area contributed by atoms with Crippen LogP contribution >= 0.6 is 0 Å². The topological polar surface area (TPSA) is 58.1 Å². The van der Waals surface area contributed by atoms with Gasteiger partial charge >= 0.3 is 0 Å². The first-order valence-electron chi connectivity index (χ1n) is 40.6. The number of aryl methyl sites for hydroxylation is 13. The highest BCUT2D eigenvalue weighted by Crippen LogP contribution is 2.38. The van der Waals surface area contributed by atoms with Crippen LogP contribution in [0.5, 0.6) is 0 Å². The lowest BCUT2D eigenvalue weighted by Crippen LogP contribution is -2.35. The lowest BCUT2D eigenvalue weighted by molar-refractivity contribution is -0.665. The molecule has 8 aromatic heterocycles. The number of pyridine rings is 8. The minimum absolute atomic E-state index is 0.307. The highest BCUT2D eigenvalue weighted by atomic mass is 15.0. The number of nitrogens with zero attached hydrogens (tertiary/aromatic N) is 8. The Morgan fingerprint density at radius 3 is 1.27 bits per heavy atom. The molecule has 0 fully saturated rings. The van der Waals surface area contributed by atoms with Crippen molar-refractivity contribution in [1.82, 2.24) is 15.0 Å². The van der Waals surface area contributed by atoms with Crippen LogP contribution in [0, 0.1) is 102 Å². The van der Waals surface area contributed by atoms with Crippen LogP contribution in [0.2, 0.25) is 0 Å². The predicted molar refractivity (Wildman–Crippen MR) is 475 cm³/mol. The third-order valence-corrected chi connectivity index (χ3v) is 22.6. The van der Waals surface area contributed by atoms with Crippen molar-refractivity contribution in [3.8, 4) is 67.4 Å². The van der Waals surface area contributed by atoms with Gasteiger partial charge < -0.3 is 0 Å². The second-order valence-corrected chi connectivity index (χ2v) is 32.9. The van der Waals surface area contributed by atoms with Gasteiger partial charge in [0.05, 0.1) is 49.2 Å². The van der Waals surface area contributed by atoms with Crippen molar-refractivity contribution in [1.29, 1.82) is 0 Å². The van der Waals surface area contributed by atoms with Crippen molar-refractivity contribution in [3.05, 3.63) is 333 Å². The van der Waals surface area contributed by atoms with E-state index in [4.69, 9.17) is 2.74 Å². The zero-order valence-electron chi connectivity index (χ0n) is 73.3. The van der Waals surface area contributed by atoms with Crippen LogP contribution in [0.1, 0.15) is 133 Å². The summed E-state index contributed by atoms with van der Waals surface area (Å²) in [6.45, 7) is 40.8. The predicted octanol–water partition coefficient (Wildman–Crippen LogP) is 23.5. The van der Waals surface area contributed by atoms with Gasteiger partial charge in [-0.05, 0) is 231 Å². The van der Waals surface area contributed by atoms with Crippen LogP contribution in [-0.4, -0.2) is 15.0 Å². The van der Waals surface area contributed by atoms with E-state index in [1.54, 1.807) is 0 Å². The molecular formula is C105H115N8+5. The fourth-order valence-electron chi connectivity index (χ4n) is 15.8. The first kappa shape index (κ1) is 78.0. The first-order valence-corrected chi connectivity index (χ1v) is 39.6. The van der Waals surface area contributed by atoms with Gasteiger partial charge in [0.2, 0.25) is 28.5 Å². The van der Waals surface area contributed by atoms with E-state index in [0.29, 0.717) is 11.6 Å². The molecule has 8 heteroatoms. The van der Waals surface area contributed by atoms with Crippen molar-refractivity contribution in [2.75, 3.05) is 0 Å². The Balaban J connectivity index is 0.000000133. The molecule has 16 aromatic rings. The summed E-state index contributed by atoms with van der Waals surface area (Å²) in [5.74, 6) is -0.656. The van der Waals surface area contributed by atoms with Gasteiger partial charge in [0.1, 0.15) is 36.6 Å². The van der Waals surface area contributed by atoms with E-state index in [1.807, 2.05) is 74.8 Å². The maximum atomic E-state index is 8.44. The average Bonchev–Trinajstić information content (AvgIpc) is 0.775. The lowest BCUT2D eigenvalue weighted by Gasteiger charge is -2.18. The van der Waals surface area contributed by atoms with E-state index in [9.17, 15) is 0 Å². The Morgan fingerprint density at radius 2 is 0.779 bits per heavy atom. The van der Waals surface area contributed by atoms with Crippen LogP contribution in [0.3, 0.4) is 0 Å². The summed E-state index contributed by atoms with van der Waals surface area (Å²) in [5, 5.41) is 12.6. The summed E-state index contributed by atoms with van der Waals surface area (Å²) >= 11 is 0. The van der Waals surface area contributed by atoms with Crippen molar-refractivity contribution < 1.29 is 25.6 Å². The third-order valence-electron chi connectivity index (χ3n) is 22.6. The molecule has 16 rings (SSSR count). The zero-order valence-corrected chi connectivity index (χ0v) is 71.3. The molecule has 8 heterocycles. The van der Waals surface area contributed by atoms with Gasteiger partial charge in [-0.2, -0.15) is 18.3 Å². The summed E-state index contributed by atoms with van der Waals surface area (Å²) in [5.41, 5.74) is 34.9. The van der Waals surface area contributed by atoms with Crippen LogP contribution in [0.25, 0.3) is 121 Å².